The van der Waals surface area contributed by atoms with Gasteiger partial charge in [0.2, 0.25) is 0 Å². The Morgan fingerprint density at radius 2 is 1.89 bits per heavy atom. The lowest BCUT2D eigenvalue weighted by Crippen LogP contribution is -1.88. The van der Waals surface area contributed by atoms with Crippen molar-refractivity contribution in [1.82, 2.24) is 9.97 Å². The van der Waals surface area contributed by atoms with Crippen LogP contribution in [0, 0.1) is 0 Å². The molecule has 2 heterocycles. The summed E-state index contributed by atoms with van der Waals surface area (Å²) >= 11 is 1.73. The van der Waals surface area contributed by atoms with Crippen molar-refractivity contribution in [1.29, 1.82) is 0 Å². The monoisotopic (exact) mass is 252 g/mol. The maximum Gasteiger partial charge on any atom is 0.0965 e. The van der Waals surface area contributed by atoms with E-state index in [9.17, 15) is 0 Å². The van der Waals surface area contributed by atoms with E-state index in [0.717, 1.165) is 22.2 Å². The van der Waals surface area contributed by atoms with Crippen molar-refractivity contribution in [2.75, 3.05) is 6.26 Å². The van der Waals surface area contributed by atoms with Gasteiger partial charge in [-0.3, -0.25) is 9.97 Å². The summed E-state index contributed by atoms with van der Waals surface area (Å²) in [6, 6.07) is 14.4. The maximum absolute atomic E-state index is 4.48. The van der Waals surface area contributed by atoms with Gasteiger partial charge >= 0.3 is 0 Å². The van der Waals surface area contributed by atoms with E-state index >= 15 is 0 Å². The molecule has 0 aliphatic rings. The van der Waals surface area contributed by atoms with E-state index in [2.05, 4.69) is 46.6 Å². The molecule has 0 atom stereocenters. The molecule has 88 valence electrons. The van der Waals surface area contributed by atoms with Gasteiger partial charge in [-0.2, -0.15) is 0 Å². The fourth-order valence-corrected chi connectivity index (χ4v) is 2.44. The van der Waals surface area contributed by atoms with Crippen molar-refractivity contribution in [3.05, 3.63) is 54.9 Å². The molecule has 0 saturated heterocycles. The van der Waals surface area contributed by atoms with E-state index in [-0.39, 0.29) is 0 Å². The van der Waals surface area contributed by atoms with Gasteiger partial charge in [-0.05, 0) is 30.5 Å². The summed E-state index contributed by atoms with van der Waals surface area (Å²) in [6.45, 7) is 0. The van der Waals surface area contributed by atoms with E-state index in [1.54, 1.807) is 11.8 Å². The highest BCUT2D eigenvalue weighted by atomic mass is 32.2. The predicted octanol–water partition coefficient (Wildman–Crippen LogP) is 4.02. The summed E-state index contributed by atoms with van der Waals surface area (Å²) in [5.41, 5.74) is 3.02. The van der Waals surface area contributed by atoms with Gasteiger partial charge in [-0.15, -0.1) is 11.8 Å². The van der Waals surface area contributed by atoms with E-state index in [1.165, 1.54) is 4.90 Å². The van der Waals surface area contributed by atoms with Gasteiger partial charge in [0, 0.05) is 28.2 Å². The van der Waals surface area contributed by atoms with Crippen LogP contribution in [0.1, 0.15) is 0 Å². The summed E-state index contributed by atoms with van der Waals surface area (Å²) in [5.74, 6) is 0. The molecule has 0 saturated carbocycles. The van der Waals surface area contributed by atoms with Crippen LogP contribution in [-0.4, -0.2) is 16.2 Å². The second kappa shape index (κ2) is 4.78. The van der Waals surface area contributed by atoms with Crippen molar-refractivity contribution >= 4 is 22.7 Å². The van der Waals surface area contributed by atoms with Gasteiger partial charge in [0.05, 0.1) is 11.2 Å². The third-order valence-corrected chi connectivity index (χ3v) is 3.59. The van der Waals surface area contributed by atoms with E-state index in [0.29, 0.717) is 0 Å². The molecule has 0 aliphatic heterocycles. The van der Waals surface area contributed by atoms with Gasteiger partial charge in [0.25, 0.3) is 0 Å². The molecule has 0 bridgehead atoms. The van der Waals surface area contributed by atoms with Crippen molar-refractivity contribution in [2.24, 2.45) is 0 Å². The Morgan fingerprint density at radius 3 is 2.78 bits per heavy atom. The molecule has 3 heteroatoms. The zero-order valence-electron chi connectivity index (χ0n) is 10.00. The molecule has 2 aromatic heterocycles. The lowest BCUT2D eigenvalue weighted by atomic mass is 10.1. The lowest BCUT2D eigenvalue weighted by molar-refractivity contribution is 1.30. The summed E-state index contributed by atoms with van der Waals surface area (Å²) in [6.07, 6.45) is 5.73. The largest absolute Gasteiger partial charge is 0.254 e. The molecule has 3 aromatic rings. The van der Waals surface area contributed by atoms with Crippen molar-refractivity contribution in [3.8, 4) is 11.3 Å². The van der Waals surface area contributed by atoms with Crippen LogP contribution in [0.2, 0.25) is 0 Å². The van der Waals surface area contributed by atoms with Crippen LogP contribution in [-0.2, 0) is 0 Å². The Morgan fingerprint density at radius 1 is 0.944 bits per heavy atom. The minimum atomic E-state index is 0.948. The summed E-state index contributed by atoms with van der Waals surface area (Å²) in [5, 5.41) is 1.12. The molecule has 0 fully saturated rings. The van der Waals surface area contributed by atoms with Crippen LogP contribution in [0.15, 0.2) is 59.8 Å². The minimum Gasteiger partial charge on any atom is -0.254 e. The molecular weight excluding hydrogens is 240 g/mol. The number of hydrogen-bond acceptors (Lipinski definition) is 3. The van der Waals surface area contributed by atoms with E-state index < -0.39 is 0 Å². The fraction of sp³-hybridized carbons (Fsp3) is 0.0667. The first-order valence-electron chi connectivity index (χ1n) is 5.72. The maximum atomic E-state index is 4.48. The van der Waals surface area contributed by atoms with Crippen LogP contribution in [0.25, 0.3) is 22.2 Å². The Hall–Kier alpha value is -1.87. The third-order valence-electron chi connectivity index (χ3n) is 2.86. The average Bonchev–Trinajstić information content (AvgIpc) is 2.47. The van der Waals surface area contributed by atoms with Crippen LogP contribution in [0.3, 0.4) is 0 Å². The van der Waals surface area contributed by atoms with Crippen LogP contribution >= 0.6 is 11.8 Å². The SMILES string of the molecule is CSc1cccc(-c2nccc3cccnc23)c1. The molecule has 18 heavy (non-hydrogen) atoms. The van der Waals surface area contributed by atoms with Crippen molar-refractivity contribution in [3.63, 3.8) is 0 Å². The normalized spacial score (nSPS) is 10.7. The predicted molar refractivity (Wildman–Crippen MR) is 76.8 cm³/mol. The van der Waals surface area contributed by atoms with Gasteiger partial charge in [0.1, 0.15) is 0 Å². The van der Waals surface area contributed by atoms with Gasteiger partial charge in [-0.1, -0.05) is 18.2 Å². The minimum absolute atomic E-state index is 0.948. The number of pyridine rings is 2. The second-order valence-electron chi connectivity index (χ2n) is 3.97. The molecule has 2 nitrogen and oxygen atoms in total. The molecule has 0 aliphatic carbocycles. The zero-order chi connectivity index (χ0) is 12.4. The van der Waals surface area contributed by atoms with Crippen LogP contribution < -0.4 is 0 Å². The Labute approximate surface area is 110 Å². The van der Waals surface area contributed by atoms with Crippen molar-refractivity contribution in [2.45, 2.75) is 4.90 Å². The van der Waals surface area contributed by atoms with Gasteiger partial charge < -0.3 is 0 Å². The van der Waals surface area contributed by atoms with E-state index in [1.807, 2.05) is 24.5 Å². The molecule has 0 N–H and O–H groups in total. The standard InChI is InChI=1S/C15H12N2S/c1-18-13-6-2-4-12(10-13)15-14-11(7-9-17-15)5-3-8-16-14/h2-10H,1H3. The van der Waals surface area contributed by atoms with Gasteiger partial charge in [-0.25, -0.2) is 0 Å². The first kappa shape index (κ1) is 11.2. The Bertz CT molecular complexity index is 689. The lowest BCUT2D eigenvalue weighted by Gasteiger charge is -2.05. The smallest absolute Gasteiger partial charge is 0.0965 e. The van der Waals surface area contributed by atoms with E-state index in [4.69, 9.17) is 0 Å². The Kier molecular flexibility index (Phi) is 2.99. The topological polar surface area (TPSA) is 25.8 Å². The number of fused-ring (bicyclic) bond motifs is 1. The molecule has 0 radical (unpaired) electrons. The second-order valence-corrected chi connectivity index (χ2v) is 4.85. The number of benzene rings is 1. The summed E-state index contributed by atoms with van der Waals surface area (Å²) in [7, 11) is 0. The number of nitrogens with zero attached hydrogens (tertiary/aromatic N) is 2. The highest BCUT2D eigenvalue weighted by Crippen LogP contribution is 2.27. The van der Waals surface area contributed by atoms with Crippen LogP contribution in [0.4, 0.5) is 0 Å². The van der Waals surface area contributed by atoms with Crippen LogP contribution in [0.5, 0.6) is 0 Å². The fourth-order valence-electron chi connectivity index (χ4n) is 1.98. The molecule has 0 amide bonds. The number of hydrogen-bond donors (Lipinski definition) is 0. The van der Waals surface area contributed by atoms with Gasteiger partial charge in [0.15, 0.2) is 0 Å². The molecule has 3 rings (SSSR count). The Balaban J connectivity index is 2.24. The zero-order valence-corrected chi connectivity index (χ0v) is 10.8. The average molecular weight is 252 g/mol. The highest BCUT2D eigenvalue weighted by Gasteiger charge is 2.06. The number of aromatic nitrogens is 2. The third kappa shape index (κ3) is 1.97. The molecular formula is C15H12N2S. The molecule has 0 unspecified atom stereocenters. The first-order valence-corrected chi connectivity index (χ1v) is 6.95. The quantitative estimate of drug-likeness (QED) is 0.644. The number of thioether (sulfide) groups is 1. The number of rotatable bonds is 2. The molecule has 1 aromatic carbocycles. The summed E-state index contributed by atoms with van der Waals surface area (Å²) in [4.78, 5) is 10.2. The first-order chi connectivity index (χ1) is 8.88. The highest BCUT2D eigenvalue weighted by molar-refractivity contribution is 7.98. The molecule has 0 spiro atoms. The van der Waals surface area contributed by atoms with Crippen molar-refractivity contribution < 1.29 is 0 Å². The summed E-state index contributed by atoms with van der Waals surface area (Å²) < 4.78 is 0.